The van der Waals surface area contributed by atoms with Gasteiger partial charge in [-0.05, 0) is 48.6 Å². The standard InChI is InChI=1S/C20H24N2O2/c1-14-6-5-9-18(15(14)2)21-20(24)12-22-11-10-16-7-3-4-8-17(16)19(22)13-23/h3-9,19,23H,10-13H2,1-2H3,(H,21,24). The lowest BCUT2D eigenvalue weighted by Crippen LogP contribution is -2.42. The summed E-state index contributed by atoms with van der Waals surface area (Å²) in [6.45, 7) is 5.14. The van der Waals surface area contributed by atoms with E-state index in [1.807, 2.05) is 50.2 Å². The van der Waals surface area contributed by atoms with Gasteiger partial charge in [-0.2, -0.15) is 0 Å². The zero-order valence-corrected chi connectivity index (χ0v) is 14.2. The number of aliphatic hydroxyl groups is 1. The van der Waals surface area contributed by atoms with Crippen molar-refractivity contribution in [2.45, 2.75) is 26.3 Å². The highest BCUT2D eigenvalue weighted by molar-refractivity contribution is 5.93. The zero-order valence-electron chi connectivity index (χ0n) is 14.2. The van der Waals surface area contributed by atoms with Crippen LogP contribution in [0.5, 0.6) is 0 Å². The van der Waals surface area contributed by atoms with Crippen molar-refractivity contribution in [2.24, 2.45) is 0 Å². The Labute approximate surface area is 143 Å². The molecule has 0 saturated heterocycles. The number of anilines is 1. The van der Waals surface area contributed by atoms with Crippen LogP contribution in [0.3, 0.4) is 0 Å². The van der Waals surface area contributed by atoms with Gasteiger partial charge in [0.15, 0.2) is 0 Å². The fourth-order valence-electron chi connectivity index (χ4n) is 3.37. The van der Waals surface area contributed by atoms with Gasteiger partial charge in [0.25, 0.3) is 0 Å². The Kier molecular flexibility index (Phi) is 4.97. The van der Waals surface area contributed by atoms with E-state index in [-0.39, 0.29) is 25.1 Å². The molecule has 1 unspecified atom stereocenters. The normalized spacial score (nSPS) is 17.4. The predicted octanol–water partition coefficient (Wildman–Crippen LogP) is 2.83. The van der Waals surface area contributed by atoms with Crippen LogP contribution >= 0.6 is 0 Å². The Hall–Kier alpha value is -2.17. The Morgan fingerprint density at radius 2 is 2.00 bits per heavy atom. The van der Waals surface area contributed by atoms with Crippen LogP contribution in [0.15, 0.2) is 42.5 Å². The summed E-state index contributed by atoms with van der Waals surface area (Å²) in [6.07, 6.45) is 0.906. The highest BCUT2D eigenvalue weighted by Gasteiger charge is 2.27. The van der Waals surface area contributed by atoms with E-state index >= 15 is 0 Å². The van der Waals surface area contributed by atoms with Crippen LogP contribution in [0.2, 0.25) is 0 Å². The van der Waals surface area contributed by atoms with Gasteiger partial charge in [-0.1, -0.05) is 36.4 Å². The molecule has 126 valence electrons. The number of aryl methyl sites for hydroxylation is 1. The summed E-state index contributed by atoms with van der Waals surface area (Å²) in [5.41, 5.74) is 5.51. The Bertz CT molecular complexity index is 742. The molecule has 2 N–H and O–H groups in total. The van der Waals surface area contributed by atoms with Crippen LogP contribution in [-0.4, -0.2) is 35.6 Å². The van der Waals surface area contributed by atoms with Crippen molar-refractivity contribution < 1.29 is 9.90 Å². The summed E-state index contributed by atoms with van der Waals surface area (Å²) in [5, 5.41) is 12.8. The summed E-state index contributed by atoms with van der Waals surface area (Å²) in [5.74, 6) is -0.0402. The fraction of sp³-hybridized carbons (Fsp3) is 0.350. The number of carbonyl (C=O) groups excluding carboxylic acids is 1. The molecule has 24 heavy (non-hydrogen) atoms. The van der Waals surface area contributed by atoms with Crippen molar-refractivity contribution in [1.29, 1.82) is 0 Å². The molecule has 0 aliphatic carbocycles. The van der Waals surface area contributed by atoms with E-state index in [4.69, 9.17) is 0 Å². The minimum Gasteiger partial charge on any atom is -0.394 e. The summed E-state index contributed by atoms with van der Waals surface area (Å²) in [7, 11) is 0. The monoisotopic (exact) mass is 324 g/mol. The van der Waals surface area contributed by atoms with Gasteiger partial charge in [0.05, 0.1) is 19.2 Å². The first-order valence-corrected chi connectivity index (χ1v) is 8.39. The third-order valence-electron chi connectivity index (χ3n) is 4.92. The van der Waals surface area contributed by atoms with E-state index in [1.54, 1.807) is 0 Å². The second-order valence-electron chi connectivity index (χ2n) is 6.41. The lowest BCUT2D eigenvalue weighted by atomic mass is 9.93. The summed E-state index contributed by atoms with van der Waals surface area (Å²) in [6, 6.07) is 14.0. The maximum Gasteiger partial charge on any atom is 0.238 e. The molecule has 0 saturated carbocycles. The minimum atomic E-state index is -0.112. The molecule has 1 heterocycles. The van der Waals surface area contributed by atoms with Gasteiger partial charge in [-0.15, -0.1) is 0 Å². The number of benzene rings is 2. The quantitative estimate of drug-likeness (QED) is 0.909. The fourth-order valence-corrected chi connectivity index (χ4v) is 3.37. The molecule has 1 amide bonds. The highest BCUT2D eigenvalue weighted by Crippen LogP contribution is 2.29. The highest BCUT2D eigenvalue weighted by atomic mass is 16.3. The Morgan fingerprint density at radius 1 is 1.21 bits per heavy atom. The van der Waals surface area contributed by atoms with Crippen molar-refractivity contribution in [1.82, 2.24) is 4.90 Å². The van der Waals surface area contributed by atoms with Crippen molar-refractivity contribution in [2.75, 3.05) is 25.0 Å². The van der Waals surface area contributed by atoms with Gasteiger partial charge in [-0.3, -0.25) is 9.69 Å². The third kappa shape index (κ3) is 3.35. The van der Waals surface area contributed by atoms with Crippen molar-refractivity contribution in [3.8, 4) is 0 Å². The maximum atomic E-state index is 12.5. The van der Waals surface area contributed by atoms with Crippen LogP contribution < -0.4 is 5.32 Å². The number of nitrogens with zero attached hydrogens (tertiary/aromatic N) is 1. The largest absolute Gasteiger partial charge is 0.394 e. The van der Waals surface area contributed by atoms with Gasteiger partial charge in [0, 0.05) is 12.2 Å². The molecule has 0 fully saturated rings. The van der Waals surface area contributed by atoms with Crippen molar-refractivity contribution in [3.63, 3.8) is 0 Å². The first-order chi connectivity index (χ1) is 11.6. The van der Waals surface area contributed by atoms with Crippen molar-refractivity contribution >= 4 is 11.6 Å². The van der Waals surface area contributed by atoms with E-state index in [1.165, 1.54) is 5.56 Å². The smallest absolute Gasteiger partial charge is 0.238 e. The molecule has 4 nitrogen and oxygen atoms in total. The second kappa shape index (κ2) is 7.16. The molecule has 0 spiro atoms. The number of aliphatic hydroxyl groups excluding tert-OH is 1. The van der Waals surface area contributed by atoms with E-state index in [9.17, 15) is 9.90 Å². The third-order valence-corrected chi connectivity index (χ3v) is 4.92. The number of carbonyl (C=O) groups is 1. The lowest BCUT2D eigenvalue weighted by molar-refractivity contribution is -0.118. The van der Waals surface area contributed by atoms with Crippen LogP contribution in [0.1, 0.15) is 28.3 Å². The number of rotatable bonds is 4. The van der Waals surface area contributed by atoms with E-state index in [2.05, 4.69) is 16.3 Å². The Morgan fingerprint density at radius 3 is 2.79 bits per heavy atom. The zero-order chi connectivity index (χ0) is 17.1. The van der Waals surface area contributed by atoms with E-state index < -0.39 is 0 Å². The molecule has 1 aliphatic rings. The predicted molar refractivity (Wildman–Crippen MR) is 96.1 cm³/mol. The summed E-state index contributed by atoms with van der Waals surface area (Å²) < 4.78 is 0. The molecule has 1 atom stereocenters. The lowest BCUT2D eigenvalue weighted by Gasteiger charge is -2.35. The van der Waals surface area contributed by atoms with Gasteiger partial charge >= 0.3 is 0 Å². The molecule has 0 bridgehead atoms. The number of nitrogens with one attached hydrogen (secondary N) is 1. The van der Waals surface area contributed by atoms with Crippen LogP contribution in [0, 0.1) is 13.8 Å². The van der Waals surface area contributed by atoms with Crippen molar-refractivity contribution in [3.05, 3.63) is 64.7 Å². The van der Waals surface area contributed by atoms with Gasteiger partial charge in [-0.25, -0.2) is 0 Å². The molecule has 2 aromatic carbocycles. The molecule has 1 aliphatic heterocycles. The minimum absolute atomic E-state index is 0.0216. The maximum absolute atomic E-state index is 12.5. The number of fused-ring (bicyclic) bond motifs is 1. The molecule has 2 aromatic rings. The number of amides is 1. The van der Waals surface area contributed by atoms with E-state index in [0.717, 1.165) is 35.3 Å². The average Bonchev–Trinajstić information content (AvgIpc) is 2.59. The molecule has 0 aromatic heterocycles. The van der Waals surface area contributed by atoms with Gasteiger partial charge < -0.3 is 10.4 Å². The average molecular weight is 324 g/mol. The molecule has 4 heteroatoms. The number of hydrogen-bond acceptors (Lipinski definition) is 3. The first kappa shape index (κ1) is 16.7. The van der Waals surface area contributed by atoms with Crippen LogP contribution in [-0.2, 0) is 11.2 Å². The molecule has 0 radical (unpaired) electrons. The van der Waals surface area contributed by atoms with E-state index in [0.29, 0.717) is 0 Å². The van der Waals surface area contributed by atoms with Gasteiger partial charge in [0.1, 0.15) is 0 Å². The SMILES string of the molecule is Cc1cccc(NC(=O)CN2CCc3ccccc3C2CO)c1C. The first-order valence-electron chi connectivity index (χ1n) is 8.39. The molecular formula is C20H24N2O2. The molecular weight excluding hydrogens is 300 g/mol. The Balaban J connectivity index is 1.71. The summed E-state index contributed by atoms with van der Waals surface area (Å²) in [4.78, 5) is 14.5. The second-order valence-corrected chi connectivity index (χ2v) is 6.41. The van der Waals surface area contributed by atoms with Crippen LogP contribution in [0.25, 0.3) is 0 Å². The topological polar surface area (TPSA) is 52.6 Å². The number of hydrogen-bond donors (Lipinski definition) is 2. The van der Waals surface area contributed by atoms with Gasteiger partial charge in [0.2, 0.25) is 5.91 Å². The summed E-state index contributed by atoms with van der Waals surface area (Å²) >= 11 is 0. The molecule has 3 rings (SSSR count). The van der Waals surface area contributed by atoms with Crippen LogP contribution in [0.4, 0.5) is 5.69 Å².